The summed E-state index contributed by atoms with van der Waals surface area (Å²) in [4.78, 5) is 28.1. The van der Waals surface area contributed by atoms with E-state index in [1.807, 2.05) is 27.7 Å². The Balaban J connectivity index is 1.88. The predicted molar refractivity (Wildman–Crippen MR) is 105 cm³/mol. The van der Waals surface area contributed by atoms with Crippen molar-refractivity contribution < 1.29 is 19.4 Å². The minimum Gasteiger partial charge on any atom is -0.482 e. The molecule has 0 atom stereocenters. The zero-order chi connectivity index (χ0) is 20.4. The van der Waals surface area contributed by atoms with Gasteiger partial charge in [0.05, 0.1) is 17.1 Å². The van der Waals surface area contributed by atoms with E-state index in [4.69, 9.17) is 9.84 Å². The molecule has 0 aliphatic carbocycles. The van der Waals surface area contributed by atoms with Crippen LogP contribution < -0.4 is 10.1 Å². The summed E-state index contributed by atoms with van der Waals surface area (Å²) in [5.74, 6) is -0.881. The summed E-state index contributed by atoms with van der Waals surface area (Å²) in [6, 6.07) is 6.86. The Morgan fingerprint density at radius 1 is 1.25 bits per heavy atom. The maximum atomic E-state index is 12.9. The number of pyridine rings is 1. The van der Waals surface area contributed by atoms with E-state index in [9.17, 15) is 9.59 Å². The first-order valence-electron chi connectivity index (χ1n) is 8.87. The first kappa shape index (κ1) is 19.3. The van der Waals surface area contributed by atoms with Gasteiger partial charge >= 0.3 is 5.97 Å². The number of carbonyl (C=O) groups is 2. The number of rotatable bonds is 6. The maximum Gasteiger partial charge on any atom is 0.341 e. The van der Waals surface area contributed by atoms with Crippen LogP contribution >= 0.6 is 0 Å². The van der Waals surface area contributed by atoms with Crippen molar-refractivity contribution >= 4 is 28.6 Å². The van der Waals surface area contributed by atoms with Gasteiger partial charge in [-0.05, 0) is 57.5 Å². The quantitative estimate of drug-likeness (QED) is 0.677. The Bertz CT molecular complexity index is 1060. The van der Waals surface area contributed by atoms with E-state index in [0.29, 0.717) is 28.0 Å². The molecule has 0 bridgehead atoms. The first-order chi connectivity index (χ1) is 13.3. The molecule has 8 nitrogen and oxygen atoms in total. The van der Waals surface area contributed by atoms with E-state index in [-0.39, 0.29) is 11.9 Å². The van der Waals surface area contributed by atoms with Crippen LogP contribution in [-0.2, 0) is 4.79 Å². The Kier molecular flexibility index (Phi) is 5.30. The number of benzene rings is 1. The van der Waals surface area contributed by atoms with E-state index in [1.54, 1.807) is 35.1 Å². The number of aromatic nitrogens is 3. The zero-order valence-electron chi connectivity index (χ0n) is 16.2. The average molecular weight is 382 g/mol. The lowest BCUT2D eigenvalue weighted by Crippen LogP contribution is -2.14. The molecule has 0 aliphatic heterocycles. The number of nitrogens with zero attached hydrogens (tertiary/aromatic N) is 3. The number of carboxylic acid groups (broad SMARTS) is 1. The molecule has 146 valence electrons. The van der Waals surface area contributed by atoms with Crippen LogP contribution in [0.25, 0.3) is 11.0 Å². The normalized spacial score (nSPS) is 11.0. The highest BCUT2D eigenvalue weighted by atomic mass is 16.5. The molecule has 3 rings (SSSR count). The van der Waals surface area contributed by atoms with Crippen molar-refractivity contribution in [1.82, 2.24) is 14.8 Å². The van der Waals surface area contributed by atoms with Gasteiger partial charge in [0, 0.05) is 17.4 Å². The second-order valence-electron chi connectivity index (χ2n) is 6.84. The molecule has 0 saturated carbocycles. The molecule has 0 saturated heterocycles. The summed E-state index contributed by atoms with van der Waals surface area (Å²) in [6.45, 7) is 7.25. The van der Waals surface area contributed by atoms with Gasteiger partial charge in [0.15, 0.2) is 12.3 Å². The SMILES string of the molecule is Cc1cc(C(=O)Nc2ccc(OCC(=O)O)cc2C)c2cnn(C(C)C)c2n1. The molecule has 1 aromatic carbocycles. The maximum absolute atomic E-state index is 12.9. The molecule has 8 heteroatoms. The van der Waals surface area contributed by atoms with Crippen molar-refractivity contribution in [2.24, 2.45) is 0 Å². The third-order valence-electron chi connectivity index (χ3n) is 4.24. The molecule has 0 fully saturated rings. The van der Waals surface area contributed by atoms with Gasteiger partial charge in [-0.25, -0.2) is 14.5 Å². The molecule has 0 spiro atoms. The summed E-state index contributed by atoms with van der Waals surface area (Å²) >= 11 is 0. The van der Waals surface area contributed by atoms with Crippen LogP contribution in [0.15, 0.2) is 30.5 Å². The zero-order valence-corrected chi connectivity index (χ0v) is 16.2. The van der Waals surface area contributed by atoms with Crippen molar-refractivity contribution in [3.8, 4) is 5.75 Å². The van der Waals surface area contributed by atoms with Crippen molar-refractivity contribution in [2.75, 3.05) is 11.9 Å². The molecule has 2 heterocycles. The van der Waals surface area contributed by atoms with Gasteiger partial charge in [-0.3, -0.25) is 4.79 Å². The monoisotopic (exact) mass is 382 g/mol. The lowest BCUT2D eigenvalue weighted by atomic mass is 10.1. The van der Waals surface area contributed by atoms with Crippen molar-refractivity contribution in [1.29, 1.82) is 0 Å². The van der Waals surface area contributed by atoms with Crippen LogP contribution in [0, 0.1) is 13.8 Å². The number of aliphatic carboxylic acids is 1. The minimum absolute atomic E-state index is 0.128. The Labute approximate surface area is 162 Å². The number of ether oxygens (including phenoxy) is 1. The number of hydrogen-bond acceptors (Lipinski definition) is 5. The molecular formula is C20H22N4O4. The highest BCUT2D eigenvalue weighted by Gasteiger charge is 2.17. The Hall–Kier alpha value is -3.42. The number of carbonyl (C=O) groups excluding carboxylic acids is 1. The van der Waals surface area contributed by atoms with Crippen LogP contribution in [-0.4, -0.2) is 38.4 Å². The lowest BCUT2D eigenvalue weighted by molar-refractivity contribution is -0.139. The molecular weight excluding hydrogens is 360 g/mol. The van der Waals surface area contributed by atoms with Gasteiger partial charge in [0.2, 0.25) is 0 Å². The van der Waals surface area contributed by atoms with E-state index in [1.165, 1.54) is 0 Å². The molecule has 2 N–H and O–H groups in total. The van der Waals surface area contributed by atoms with E-state index >= 15 is 0 Å². The standard InChI is InChI=1S/C20H22N4O4/c1-11(2)24-19-16(9-21-24)15(8-13(4)22-19)20(27)23-17-6-5-14(7-12(17)3)28-10-18(25)26/h5-9,11H,10H2,1-4H3,(H,23,27)(H,25,26). The average Bonchev–Trinajstić information content (AvgIpc) is 3.05. The van der Waals surface area contributed by atoms with Gasteiger partial charge in [-0.2, -0.15) is 5.10 Å². The van der Waals surface area contributed by atoms with E-state index in [2.05, 4.69) is 15.4 Å². The van der Waals surface area contributed by atoms with Gasteiger partial charge in [-0.1, -0.05) is 0 Å². The summed E-state index contributed by atoms with van der Waals surface area (Å²) in [7, 11) is 0. The summed E-state index contributed by atoms with van der Waals surface area (Å²) < 4.78 is 6.95. The molecule has 2 aromatic heterocycles. The molecule has 1 amide bonds. The van der Waals surface area contributed by atoms with Crippen LogP contribution in [0.1, 0.15) is 41.5 Å². The number of hydrogen-bond donors (Lipinski definition) is 2. The number of aryl methyl sites for hydroxylation is 2. The number of nitrogens with one attached hydrogen (secondary N) is 1. The molecule has 0 unspecified atom stereocenters. The predicted octanol–water partition coefficient (Wildman–Crippen LogP) is 3.34. The van der Waals surface area contributed by atoms with Gasteiger partial charge in [-0.15, -0.1) is 0 Å². The largest absolute Gasteiger partial charge is 0.482 e. The summed E-state index contributed by atoms with van der Waals surface area (Å²) in [5.41, 5.74) is 3.28. The van der Waals surface area contributed by atoms with Gasteiger partial charge in [0.1, 0.15) is 5.75 Å². The van der Waals surface area contributed by atoms with Crippen LogP contribution in [0.4, 0.5) is 5.69 Å². The van der Waals surface area contributed by atoms with E-state index < -0.39 is 12.6 Å². The highest BCUT2D eigenvalue weighted by molar-refractivity contribution is 6.12. The molecule has 0 radical (unpaired) electrons. The van der Waals surface area contributed by atoms with Crippen molar-refractivity contribution in [2.45, 2.75) is 33.7 Å². The first-order valence-corrected chi connectivity index (χ1v) is 8.87. The summed E-state index contributed by atoms with van der Waals surface area (Å²) in [6.07, 6.45) is 1.66. The topological polar surface area (TPSA) is 106 Å². The van der Waals surface area contributed by atoms with Crippen LogP contribution in [0.2, 0.25) is 0 Å². The van der Waals surface area contributed by atoms with Crippen molar-refractivity contribution in [3.05, 3.63) is 47.3 Å². The van der Waals surface area contributed by atoms with E-state index in [0.717, 1.165) is 11.3 Å². The highest BCUT2D eigenvalue weighted by Crippen LogP contribution is 2.25. The van der Waals surface area contributed by atoms with Gasteiger partial charge < -0.3 is 15.2 Å². The second kappa shape index (κ2) is 7.67. The molecule has 3 aromatic rings. The fourth-order valence-corrected chi connectivity index (χ4v) is 2.91. The number of amides is 1. The lowest BCUT2D eigenvalue weighted by Gasteiger charge is -2.12. The fourth-order valence-electron chi connectivity index (χ4n) is 2.91. The second-order valence-corrected chi connectivity index (χ2v) is 6.84. The smallest absolute Gasteiger partial charge is 0.341 e. The minimum atomic E-state index is -1.05. The Morgan fingerprint density at radius 2 is 2.00 bits per heavy atom. The van der Waals surface area contributed by atoms with Crippen LogP contribution in [0.3, 0.4) is 0 Å². The number of fused-ring (bicyclic) bond motifs is 1. The van der Waals surface area contributed by atoms with Gasteiger partial charge in [0.25, 0.3) is 5.91 Å². The third kappa shape index (κ3) is 3.95. The number of carboxylic acids is 1. The summed E-state index contributed by atoms with van der Waals surface area (Å²) in [5, 5.41) is 16.6. The fraction of sp³-hybridized carbons (Fsp3) is 0.300. The van der Waals surface area contributed by atoms with Crippen LogP contribution in [0.5, 0.6) is 5.75 Å². The number of anilines is 1. The third-order valence-corrected chi connectivity index (χ3v) is 4.24. The molecule has 0 aliphatic rings. The Morgan fingerprint density at radius 3 is 2.64 bits per heavy atom. The molecule has 28 heavy (non-hydrogen) atoms. The van der Waals surface area contributed by atoms with Crippen molar-refractivity contribution in [3.63, 3.8) is 0 Å².